The lowest BCUT2D eigenvalue weighted by atomic mass is 9.32. The van der Waals surface area contributed by atoms with Crippen molar-refractivity contribution in [2.45, 2.75) is 106 Å². The van der Waals surface area contributed by atoms with Gasteiger partial charge in [0.2, 0.25) is 0 Å². The first-order valence-corrected chi connectivity index (χ1v) is 14.7. The number of hydrogen-bond acceptors (Lipinski definition) is 3. The first-order chi connectivity index (χ1) is 16.8. The van der Waals surface area contributed by atoms with Crippen LogP contribution in [0, 0.1) is 68.0 Å². The minimum Gasteiger partial charge on any atom is -0.465 e. The number of carbonyl (C=O) groups excluding carboxylic acids is 1. The maximum Gasteiger partial charge on any atom is 0.302 e. The summed E-state index contributed by atoms with van der Waals surface area (Å²) in [6, 6.07) is 2.90. The molecule has 0 radical (unpaired) electrons. The van der Waals surface area contributed by atoms with Crippen LogP contribution in [0.5, 0.6) is 0 Å². The molecule has 0 aromatic rings. The molecule has 5 rings (SSSR count). The zero-order chi connectivity index (χ0) is 26.3. The highest BCUT2D eigenvalue weighted by molar-refractivity contribution is 5.66. The number of ether oxygens (including phenoxy) is 1. The Kier molecular flexibility index (Phi) is 5.95. The summed E-state index contributed by atoms with van der Waals surface area (Å²) in [4.78, 5) is 11.8. The van der Waals surface area contributed by atoms with Gasteiger partial charge in [-0.2, -0.15) is 5.26 Å². The molecule has 198 valence electrons. The monoisotopic (exact) mass is 491 g/mol. The maximum atomic E-state index is 11.8. The summed E-state index contributed by atoms with van der Waals surface area (Å²) in [6.45, 7) is 23.3. The Bertz CT molecular complexity index is 1020. The molecule has 5 aliphatic rings. The molecule has 5 fully saturated rings. The minimum absolute atomic E-state index is 0.136. The van der Waals surface area contributed by atoms with E-state index in [4.69, 9.17) is 4.74 Å². The molecular formula is C33H49NO2. The largest absolute Gasteiger partial charge is 0.465 e. The zero-order valence-electron chi connectivity index (χ0n) is 23.8. The van der Waals surface area contributed by atoms with Gasteiger partial charge in [-0.15, -0.1) is 0 Å². The van der Waals surface area contributed by atoms with Gasteiger partial charge in [-0.3, -0.25) is 4.79 Å². The first-order valence-electron chi connectivity index (χ1n) is 14.7. The van der Waals surface area contributed by atoms with Crippen LogP contribution < -0.4 is 0 Å². The molecule has 10 unspecified atom stereocenters. The molecule has 10 atom stereocenters. The molecule has 0 spiro atoms. The molecule has 5 saturated carbocycles. The minimum atomic E-state index is -0.184. The van der Waals surface area contributed by atoms with Gasteiger partial charge in [0.25, 0.3) is 0 Å². The van der Waals surface area contributed by atoms with E-state index >= 15 is 0 Å². The highest BCUT2D eigenvalue weighted by atomic mass is 16.5. The fourth-order valence-electron chi connectivity index (χ4n) is 11.5. The summed E-state index contributed by atoms with van der Waals surface area (Å²) in [5.74, 6) is 2.57. The van der Waals surface area contributed by atoms with E-state index in [0.717, 1.165) is 25.7 Å². The Morgan fingerprint density at radius 3 is 2.33 bits per heavy atom. The van der Waals surface area contributed by atoms with Crippen LogP contribution in [0.1, 0.15) is 106 Å². The average Bonchev–Trinajstić information content (AvgIpc) is 3.21. The van der Waals surface area contributed by atoms with Gasteiger partial charge in [-0.05, 0) is 117 Å². The number of carbonyl (C=O) groups is 1. The summed E-state index contributed by atoms with van der Waals surface area (Å²) in [6.07, 6.45) is 11.6. The van der Waals surface area contributed by atoms with Gasteiger partial charge in [-0.1, -0.05) is 52.0 Å². The molecule has 0 aromatic heterocycles. The van der Waals surface area contributed by atoms with Gasteiger partial charge in [0, 0.05) is 12.3 Å². The average molecular weight is 492 g/mol. The van der Waals surface area contributed by atoms with Crippen LogP contribution in [0.15, 0.2) is 24.3 Å². The molecule has 36 heavy (non-hydrogen) atoms. The van der Waals surface area contributed by atoms with Crippen LogP contribution in [0.25, 0.3) is 0 Å². The van der Waals surface area contributed by atoms with Crippen LogP contribution in [0.2, 0.25) is 0 Å². The predicted molar refractivity (Wildman–Crippen MR) is 145 cm³/mol. The van der Waals surface area contributed by atoms with Crippen LogP contribution in [0.3, 0.4) is 0 Å². The molecule has 0 aromatic carbocycles. The summed E-state index contributed by atoms with van der Waals surface area (Å²) >= 11 is 0. The van der Waals surface area contributed by atoms with Crippen molar-refractivity contribution >= 4 is 5.97 Å². The number of rotatable bonds is 3. The molecule has 0 bridgehead atoms. The number of nitrogens with zero attached hydrogens (tertiary/aromatic N) is 1. The van der Waals surface area contributed by atoms with Crippen LogP contribution in [0.4, 0.5) is 0 Å². The Labute approximate surface area is 220 Å². The summed E-state index contributed by atoms with van der Waals surface area (Å²) in [7, 11) is 0. The maximum absolute atomic E-state index is 11.8. The quantitative estimate of drug-likeness (QED) is 0.295. The summed E-state index contributed by atoms with van der Waals surface area (Å²) < 4.78 is 5.68. The third kappa shape index (κ3) is 3.18. The van der Waals surface area contributed by atoms with Crippen molar-refractivity contribution in [1.29, 1.82) is 5.26 Å². The fraction of sp³-hybridized carbons (Fsp3) is 0.818. The van der Waals surface area contributed by atoms with Crippen molar-refractivity contribution in [3.8, 4) is 6.07 Å². The number of fused-ring (bicyclic) bond motifs is 7. The molecule has 3 nitrogen and oxygen atoms in total. The van der Waals surface area contributed by atoms with E-state index in [1.54, 1.807) is 0 Å². The van der Waals surface area contributed by atoms with Crippen molar-refractivity contribution in [3.05, 3.63) is 24.3 Å². The van der Waals surface area contributed by atoms with Gasteiger partial charge in [-0.25, -0.2) is 0 Å². The number of esters is 1. The highest BCUT2D eigenvalue weighted by Gasteiger charge is 2.71. The van der Waals surface area contributed by atoms with Gasteiger partial charge in [0.1, 0.15) is 6.61 Å². The molecule has 0 amide bonds. The number of hydrogen-bond donors (Lipinski definition) is 0. The molecule has 0 aliphatic heterocycles. The molecular weight excluding hydrogens is 442 g/mol. The Morgan fingerprint density at radius 1 is 0.972 bits per heavy atom. The molecule has 0 N–H and O–H groups in total. The standard InChI is InChI=1S/C33H49NO2/c1-21(2)24-12-16-33(19-34)18-17-31(7)25(28(24)33)9-10-27-29(5)14-11-22(3)30(6,20-36-23(4)35)26(29)13-15-32(27,31)8/h24-28H,1,3,9-18,20H2,2,4-8H3. The van der Waals surface area contributed by atoms with Gasteiger partial charge < -0.3 is 4.74 Å². The Hall–Kier alpha value is -1.56. The van der Waals surface area contributed by atoms with Crippen molar-refractivity contribution in [2.75, 3.05) is 6.61 Å². The topological polar surface area (TPSA) is 50.1 Å². The van der Waals surface area contributed by atoms with Crippen LogP contribution in [-0.4, -0.2) is 12.6 Å². The third-order valence-electron chi connectivity index (χ3n) is 13.7. The van der Waals surface area contributed by atoms with Crippen molar-refractivity contribution in [1.82, 2.24) is 0 Å². The lowest BCUT2D eigenvalue weighted by Crippen LogP contribution is -2.66. The second-order valence-corrected chi connectivity index (χ2v) is 14.8. The van der Waals surface area contributed by atoms with Crippen molar-refractivity contribution in [2.24, 2.45) is 56.7 Å². The second-order valence-electron chi connectivity index (χ2n) is 14.8. The Balaban J connectivity index is 1.53. The highest BCUT2D eigenvalue weighted by Crippen LogP contribution is 2.77. The summed E-state index contributed by atoms with van der Waals surface area (Å²) in [5, 5.41) is 10.5. The van der Waals surface area contributed by atoms with Crippen molar-refractivity contribution in [3.63, 3.8) is 0 Å². The van der Waals surface area contributed by atoms with E-state index in [9.17, 15) is 10.1 Å². The molecule has 3 heteroatoms. The lowest BCUT2D eigenvalue weighted by Gasteiger charge is -2.72. The number of allylic oxidation sites excluding steroid dienone is 1. The lowest BCUT2D eigenvalue weighted by molar-refractivity contribution is -0.231. The zero-order valence-corrected chi connectivity index (χ0v) is 23.8. The van der Waals surface area contributed by atoms with E-state index in [1.807, 2.05) is 0 Å². The molecule has 5 aliphatic carbocycles. The second kappa shape index (κ2) is 8.22. The van der Waals surface area contributed by atoms with E-state index < -0.39 is 0 Å². The fourth-order valence-corrected chi connectivity index (χ4v) is 11.5. The first kappa shape index (κ1) is 26.1. The summed E-state index contributed by atoms with van der Waals surface area (Å²) in [5.41, 5.74) is 3.06. The van der Waals surface area contributed by atoms with Gasteiger partial charge in [0.15, 0.2) is 0 Å². The van der Waals surface area contributed by atoms with Gasteiger partial charge >= 0.3 is 5.97 Å². The van der Waals surface area contributed by atoms with Crippen LogP contribution >= 0.6 is 0 Å². The van der Waals surface area contributed by atoms with Gasteiger partial charge in [0.05, 0.1) is 11.5 Å². The normalized spacial score (nSPS) is 51.7. The SMILES string of the molecule is C=C(C)C1CCC2(C#N)CCC3(C)C(CCC4C5(C)CCC(=C)C(C)(COC(C)=O)C5CCC43C)C12. The van der Waals surface area contributed by atoms with Crippen LogP contribution in [-0.2, 0) is 9.53 Å². The Morgan fingerprint density at radius 2 is 1.69 bits per heavy atom. The van der Waals surface area contributed by atoms with E-state index in [0.29, 0.717) is 36.2 Å². The predicted octanol–water partition coefficient (Wildman–Crippen LogP) is 8.27. The van der Waals surface area contributed by atoms with Crippen molar-refractivity contribution < 1.29 is 9.53 Å². The third-order valence-corrected chi connectivity index (χ3v) is 13.7. The van der Waals surface area contributed by atoms with E-state index in [-0.39, 0.29) is 33.0 Å². The number of nitriles is 1. The molecule has 0 saturated heterocycles. The van der Waals surface area contributed by atoms with E-state index in [1.165, 1.54) is 56.6 Å². The van der Waals surface area contributed by atoms with E-state index in [2.05, 4.69) is 53.8 Å². The smallest absolute Gasteiger partial charge is 0.302 e. The molecule has 0 heterocycles.